The molecule has 0 spiro atoms. The van der Waals surface area contributed by atoms with Crippen molar-refractivity contribution in [2.45, 2.75) is 32.7 Å². The Kier molecular flexibility index (Phi) is 4.04. The lowest BCUT2D eigenvalue weighted by molar-refractivity contribution is -0.275. The minimum Gasteiger partial charge on any atom is -0.405 e. The molecule has 106 valence electrons. The molecule has 3 atom stereocenters. The molecule has 2 nitrogen and oxygen atoms in total. The molecule has 1 aromatic rings. The van der Waals surface area contributed by atoms with E-state index in [1.165, 1.54) is 6.07 Å². The average molecular weight is 273 g/mol. The summed E-state index contributed by atoms with van der Waals surface area (Å²) < 4.78 is 41.4. The molecular weight excluding hydrogens is 255 g/mol. The lowest BCUT2D eigenvalue weighted by Gasteiger charge is -2.22. The van der Waals surface area contributed by atoms with Gasteiger partial charge in [-0.25, -0.2) is 0 Å². The second-order valence-electron chi connectivity index (χ2n) is 5.00. The number of nitrogens with one attached hydrogen (secondary N) is 1. The van der Waals surface area contributed by atoms with Gasteiger partial charge in [-0.2, -0.15) is 0 Å². The van der Waals surface area contributed by atoms with E-state index in [0.29, 0.717) is 23.9 Å². The molecule has 0 amide bonds. The van der Waals surface area contributed by atoms with E-state index in [4.69, 9.17) is 0 Å². The van der Waals surface area contributed by atoms with Gasteiger partial charge in [0.2, 0.25) is 0 Å². The van der Waals surface area contributed by atoms with Crippen molar-refractivity contribution in [1.29, 1.82) is 0 Å². The summed E-state index contributed by atoms with van der Waals surface area (Å²) in [5, 5.41) is 3.27. The van der Waals surface area contributed by atoms with E-state index in [2.05, 4.69) is 17.0 Å². The van der Waals surface area contributed by atoms with E-state index in [1.54, 1.807) is 18.2 Å². The van der Waals surface area contributed by atoms with Crippen LogP contribution >= 0.6 is 0 Å². The fourth-order valence-corrected chi connectivity index (χ4v) is 2.48. The number of benzene rings is 1. The third-order valence-electron chi connectivity index (χ3n) is 3.50. The van der Waals surface area contributed by atoms with Gasteiger partial charge in [0.05, 0.1) is 0 Å². The maximum Gasteiger partial charge on any atom is 0.573 e. The summed E-state index contributed by atoms with van der Waals surface area (Å²) in [6.07, 6.45) is -3.61. The second kappa shape index (κ2) is 5.41. The number of ether oxygens (including phenoxy) is 1. The van der Waals surface area contributed by atoms with Crippen LogP contribution < -0.4 is 10.1 Å². The number of para-hydroxylation sites is 1. The standard InChI is InChI=1S/C14H18F3NO/c1-3-18-13(11-8-9(11)2)10-6-4-5-7-12(10)19-14(15,16)17/h4-7,9,11,13,18H,3,8H2,1-2H3. The van der Waals surface area contributed by atoms with E-state index < -0.39 is 6.36 Å². The molecule has 19 heavy (non-hydrogen) atoms. The van der Waals surface area contributed by atoms with Crippen molar-refractivity contribution in [1.82, 2.24) is 5.32 Å². The van der Waals surface area contributed by atoms with Gasteiger partial charge in [-0.05, 0) is 30.9 Å². The Labute approximate surface area is 111 Å². The summed E-state index contributed by atoms with van der Waals surface area (Å²) in [4.78, 5) is 0. The van der Waals surface area contributed by atoms with Crippen LogP contribution in [0.5, 0.6) is 5.75 Å². The van der Waals surface area contributed by atoms with E-state index in [1.807, 2.05) is 6.92 Å². The van der Waals surface area contributed by atoms with E-state index in [0.717, 1.165) is 6.42 Å². The number of hydrogen-bond acceptors (Lipinski definition) is 2. The number of hydrogen-bond donors (Lipinski definition) is 1. The minimum absolute atomic E-state index is 0.0708. The zero-order valence-corrected chi connectivity index (χ0v) is 11.0. The predicted molar refractivity (Wildman–Crippen MR) is 66.8 cm³/mol. The molecule has 1 aliphatic rings. The van der Waals surface area contributed by atoms with Crippen molar-refractivity contribution in [3.05, 3.63) is 29.8 Å². The summed E-state index contributed by atoms with van der Waals surface area (Å²) in [5.41, 5.74) is 0.594. The quantitative estimate of drug-likeness (QED) is 0.878. The molecule has 0 radical (unpaired) electrons. The first-order valence-electron chi connectivity index (χ1n) is 6.50. The highest BCUT2D eigenvalue weighted by Crippen LogP contribution is 2.48. The first kappa shape index (κ1) is 14.2. The van der Waals surface area contributed by atoms with E-state index >= 15 is 0 Å². The van der Waals surface area contributed by atoms with Gasteiger partial charge in [-0.3, -0.25) is 0 Å². The molecule has 1 aromatic carbocycles. The van der Waals surface area contributed by atoms with Crippen molar-refractivity contribution in [3.63, 3.8) is 0 Å². The normalized spacial score (nSPS) is 24.1. The average Bonchev–Trinajstić information content (AvgIpc) is 3.02. The van der Waals surface area contributed by atoms with Crippen molar-refractivity contribution < 1.29 is 17.9 Å². The fourth-order valence-electron chi connectivity index (χ4n) is 2.48. The first-order chi connectivity index (χ1) is 8.92. The summed E-state index contributed by atoms with van der Waals surface area (Å²) in [5.74, 6) is 0.834. The molecule has 0 aliphatic heterocycles. The van der Waals surface area contributed by atoms with Crippen LogP contribution in [0, 0.1) is 11.8 Å². The van der Waals surface area contributed by atoms with Gasteiger partial charge in [-0.1, -0.05) is 32.0 Å². The molecule has 5 heteroatoms. The highest BCUT2D eigenvalue weighted by Gasteiger charge is 2.41. The van der Waals surface area contributed by atoms with Crippen LogP contribution in [0.4, 0.5) is 13.2 Å². The summed E-state index contributed by atoms with van der Waals surface area (Å²) in [6, 6.07) is 6.32. The fraction of sp³-hybridized carbons (Fsp3) is 0.571. The Morgan fingerprint density at radius 1 is 1.37 bits per heavy atom. The van der Waals surface area contributed by atoms with E-state index in [-0.39, 0.29) is 11.8 Å². The van der Waals surface area contributed by atoms with Crippen LogP contribution in [0.25, 0.3) is 0 Å². The largest absolute Gasteiger partial charge is 0.573 e. The maximum atomic E-state index is 12.4. The molecule has 1 aliphatic carbocycles. The molecule has 3 unspecified atom stereocenters. The molecule has 0 saturated heterocycles. The van der Waals surface area contributed by atoms with Crippen LogP contribution in [0.3, 0.4) is 0 Å². The number of rotatable bonds is 5. The lowest BCUT2D eigenvalue weighted by atomic mass is 10.00. The van der Waals surface area contributed by atoms with Crippen molar-refractivity contribution in [2.24, 2.45) is 11.8 Å². The van der Waals surface area contributed by atoms with Crippen molar-refractivity contribution in [2.75, 3.05) is 6.54 Å². The summed E-state index contributed by atoms with van der Waals surface area (Å²) >= 11 is 0. The third kappa shape index (κ3) is 3.62. The van der Waals surface area contributed by atoms with Crippen LogP contribution in [-0.2, 0) is 0 Å². The number of alkyl halides is 3. The maximum absolute atomic E-state index is 12.4. The summed E-state index contributed by atoms with van der Waals surface area (Å²) in [7, 11) is 0. The van der Waals surface area contributed by atoms with Crippen molar-refractivity contribution >= 4 is 0 Å². The monoisotopic (exact) mass is 273 g/mol. The zero-order chi connectivity index (χ0) is 14.0. The predicted octanol–water partition coefficient (Wildman–Crippen LogP) is 3.89. The van der Waals surface area contributed by atoms with Gasteiger partial charge in [0.15, 0.2) is 0 Å². The molecule has 1 fully saturated rings. The zero-order valence-electron chi connectivity index (χ0n) is 11.0. The van der Waals surface area contributed by atoms with E-state index in [9.17, 15) is 13.2 Å². The van der Waals surface area contributed by atoms with Crippen LogP contribution in [0.15, 0.2) is 24.3 Å². The molecule has 0 aromatic heterocycles. The highest BCUT2D eigenvalue weighted by molar-refractivity contribution is 5.37. The van der Waals surface area contributed by atoms with Gasteiger partial charge in [0.1, 0.15) is 5.75 Å². The minimum atomic E-state index is -4.65. The second-order valence-corrected chi connectivity index (χ2v) is 5.00. The topological polar surface area (TPSA) is 21.3 Å². The van der Waals surface area contributed by atoms with Crippen LogP contribution in [0.1, 0.15) is 31.9 Å². The van der Waals surface area contributed by atoms with Gasteiger partial charge in [0.25, 0.3) is 0 Å². The molecule has 0 bridgehead atoms. The van der Waals surface area contributed by atoms with Gasteiger partial charge in [0, 0.05) is 11.6 Å². The Morgan fingerprint density at radius 3 is 2.53 bits per heavy atom. The molecule has 1 N–H and O–H groups in total. The Balaban J connectivity index is 2.26. The first-order valence-corrected chi connectivity index (χ1v) is 6.50. The Morgan fingerprint density at radius 2 is 2.00 bits per heavy atom. The summed E-state index contributed by atoms with van der Waals surface area (Å²) in [6.45, 7) is 4.78. The van der Waals surface area contributed by atoms with Gasteiger partial charge >= 0.3 is 6.36 Å². The number of halogens is 3. The molecule has 1 saturated carbocycles. The Hall–Kier alpha value is -1.23. The smallest absolute Gasteiger partial charge is 0.405 e. The van der Waals surface area contributed by atoms with Crippen molar-refractivity contribution in [3.8, 4) is 5.75 Å². The van der Waals surface area contributed by atoms with Gasteiger partial charge < -0.3 is 10.1 Å². The SMILES string of the molecule is CCNC(c1ccccc1OC(F)(F)F)C1CC1C. The molecular formula is C14H18F3NO. The third-order valence-corrected chi connectivity index (χ3v) is 3.50. The van der Waals surface area contributed by atoms with Gasteiger partial charge in [-0.15, -0.1) is 13.2 Å². The highest BCUT2D eigenvalue weighted by atomic mass is 19.4. The molecule has 0 heterocycles. The Bertz CT molecular complexity index is 433. The lowest BCUT2D eigenvalue weighted by Crippen LogP contribution is -2.25. The van der Waals surface area contributed by atoms with Crippen LogP contribution in [-0.4, -0.2) is 12.9 Å². The van der Waals surface area contributed by atoms with Crippen LogP contribution in [0.2, 0.25) is 0 Å². The molecule has 2 rings (SSSR count).